The van der Waals surface area contributed by atoms with Crippen molar-refractivity contribution in [2.45, 2.75) is 6.54 Å². The topological polar surface area (TPSA) is 70.9 Å². The van der Waals surface area contributed by atoms with Crippen molar-refractivity contribution in [3.63, 3.8) is 0 Å². The second-order valence-electron chi connectivity index (χ2n) is 4.30. The minimum absolute atomic E-state index is 0.0862. The fourth-order valence-corrected chi connectivity index (χ4v) is 1.79. The van der Waals surface area contributed by atoms with Crippen LogP contribution in [0.15, 0.2) is 36.5 Å². The molecule has 0 aliphatic carbocycles. The first-order valence-corrected chi connectivity index (χ1v) is 5.70. The van der Waals surface area contributed by atoms with Gasteiger partial charge in [-0.2, -0.15) is 5.10 Å². The van der Waals surface area contributed by atoms with Crippen LogP contribution in [0.1, 0.15) is 11.3 Å². The minimum atomic E-state index is 0.0862. The van der Waals surface area contributed by atoms with Crippen LogP contribution in [0.3, 0.4) is 0 Å². The average molecular weight is 243 g/mol. The summed E-state index contributed by atoms with van der Waals surface area (Å²) in [7, 11) is 3.90. The van der Waals surface area contributed by atoms with E-state index in [2.05, 4.69) is 10.00 Å². The van der Waals surface area contributed by atoms with E-state index < -0.39 is 0 Å². The first-order valence-electron chi connectivity index (χ1n) is 5.70. The highest BCUT2D eigenvalue weighted by molar-refractivity contribution is 5.95. The molecule has 5 heteroatoms. The number of nitrogen functional groups attached to an aromatic ring is 1. The molecular formula is C13H17N5. The molecule has 1 aromatic heterocycles. The van der Waals surface area contributed by atoms with E-state index in [9.17, 15) is 0 Å². The van der Waals surface area contributed by atoms with Gasteiger partial charge in [-0.3, -0.25) is 10.1 Å². The second-order valence-corrected chi connectivity index (χ2v) is 4.30. The third-order valence-electron chi connectivity index (χ3n) is 2.77. The monoisotopic (exact) mass is 243 g/mol. The Morgan fingerprint density at radius 1 is 1.44 bits per heavy atom. The van der Waals surface area contributed by atoms with Crippen molar-refractivity contribution >= 4 is 11.5 Å². The van der Waals surface area contributed by atoms with Gasteiger partial charge in [0.05, 0.1) is 12.2 Å². The molecule has 2 aromatic rings. The fourth-order valence-electron chi connectivity index (χ4n) is 1.79. The first kappa shape index (κ1) is 12.2. The Morgan fingerprint density at radius 2 is 2.22 bits per heavy atom. The SMILES string of the molecule is CN(Cc1ccn(C)n1)c1cccc(C(=N)N)c1. The normalized spacial score (nSPS) is 10.3. The van der Waals surface area contributed by atoms with Crippen LogP contribution in [-0.2, 0) is 13.6 Å². The van der Waals surface area contributed by atoms with Gasteiger partial charge in [-0.1, -0.05) is 12.1 Å². The number of aryl methyl sites for hydroxylation is 1. The smallest absolute Gasteiger partial charge is 0.122 e. The molecule has 0 aliphatic rings. The molecule has 2 rings (SSSR count). The summed E-state index contributed by atoms with van der Waals surface area (Å²) in [5.41, 5.74) is 8.25. The van der Waals surface area contributed by atoms with E-state index in [1.807, 2.05) is 50.6 Å². The maximum absolute atomic E-state index is 7.44. The average Bonchev–Trinajstić information content (AvgIpc) is 2.75. The zero-order valence-electron chi connectivity index (χ0n) is 10.6. The third kappa shape index (κ3) is 2.68. The van der Waals surface area contributed by atoms with Gasteiger partial charge in [-0.05, 0) is 18.2 Å². The largest absolute Gasteiger partial charge is 0.384 e. The van der Waals surface area contributed by atoms with Crippen molar-refractivity contribution in [3.05, 3.63) is 47.8 Å². The van der Waals surface area contributed by atoms with Crippen LogP contribution < -0.4 is 10.6 Å². The highest BCUT2D eigenvalue weighted by Crippen LogP contribution is 2.16. The summed E-state index contributed by atoms with van der Waals surface area (Å²) >= 11 is 0. The lowest BCUT2D eigenvalue weighted by atomic mass is 10.1. The summed E-state index contributed by atoms with van der Waals surface area (Å²) in [6.07, 6.45) is 1.93. The number of rotatable bonds is 4. The van der Waals surface area contributed by atoms with Crippen molar-refractivity contribution in [1.29, 1.82) is 5.41 Å². The minimum Gasteiger partial charge on any atom is -0.384 e. The Morgan fingerprint density at radius 3 is 2.83 bits per heavy atom. The molecule has 0 unspecified atom stereocenters. The van der Waals surface area contributed by atoms with Crippen LogP contribution in [0.2, 0.25) is 0 Å². The van der Waals surface area contributed by atoms with E-state index in [-0.39, 0.29) is 5.84 Å². The van der Waals surface area contributed by atoms with E-state index >= 15 is 0 Å². The zero-order valence-corrected chi connectivity index (χ0v) is 10.6. The predicted molar refractivity (Wildman–Crippen MR) is 72.8 cm³/mol. The summed E-state index contributed by atoms with van der Waals surface area (Å²) in [6.45, 7) is 0.724. The molecular weight excluding hydrogens is 226 g/mol. The molecule has 0 radical (unpaired) electrons. The van der Waals surface area contributed by atoms with Crippen LogP contribution in [0.4, 0.5) is 5.69 Å². The summed E-state index contributed by atoms with van der Waals surface area (Å²) < 4.78 is 1.79. The number of aromatic nitrogens is 2. The quantitative estimate of drug-likeness (QED) is 0.629. The van der Waals surface area contributed by atoms with Gasteiger partial charge in [0.2, 0.25) is 0 Å². The number of amidine groups is 1. The van der Waals surface area contributed by atoms with Gasteiger partial charge in [0.1, 0.15) is 5.84 Å². The van der Waals surface area contributed by atoms with Crippen LogP contribution >= 0.6 is 0 Å². The van der Waals surface area contributed by atoms with E-state index in [0.29, 0.717) is 0 Å². The molecule has 0 fully saturated rings. The van der Waals surface area contributed by atoms with Gasteiger partial charge >= 0.3 is 0 Å². The molecule has 18 heavy (non-hydrogen) atoms. The van der Waals surface area contributed by atoms with E-state index in [0.717, 1.165) is 23.5 Å². The summed E-state index contributed by atoms with van der Waals surface area (Å²) in [6, 6.07) is 9.63. The van der Waals surface area contributed by atoms with Crippen molar-refractivity contribution in [2.75, 3.05) is 11.9 Å². The number of hydrogen-bond donors (Lipinski definition) is 2. The van der Waals surface area contributed by atoms with Gasteiger partial charge in [0.15, 0.2) is 0 Å². The van der Waals surface area contributed by atoms with Crippen molar-refractivity contribution in [2.24, 2.45) is 12.8 Å². The van der Waals surface area contributed by atoms with Crippen LogP contribution in [0.25, 0.3) is 0 Å². The fraction of sp³-hybridized carbons (Fsp3) is 0.231. The lowest BCUT2D eigenvalue weighted by Gasteiger charge is -2.18. The Bertz CT molecular complexity index is 558. The van der Waals surface area contributed by atoms with E-state index in [4.69, 9.17) is 11.1 Å². The number of anilines is 1. The third-order valence-corrected chi connectivity index (χ3v) is 2.77. The molecule has 0 bridgehead atoms. The van der Waals surface area contributed by atoms with Crippen molar-refractivity contribution in [3.8, 4) is 0 Å². The predicted octanol–water partition coefficient (Wildman–Crippen LogP) is 1.34. The Hall–Kier alpha value is -2.30. The maximum Gasteiger partial charge on any atom is 0.122 e. The number of hydrogen-bond acceptors (Lipinski definition) is 3. The molecule has 0 spiro atoms. The summed E-state index contributed by atoms with van der Waals surface area (Å²) in [4.78, 5) is 2.08. The summed E-state index contributed by atoms with van der Waals surface area (Å²) in [5, 5.41) is 11.8. The molecule has 0 saturated carbocycles. The lowest BCUT2D eigenvalue weighted by molar-refractivity contribution is 0.734. The molecule has 1 aromatic carbocycles. The van der Waals surface area contributed by atoms with Gasteiger partial charge in [-0.25, -0.2) is 0 Å². The highest BCUT2D eigenvalue weighted by atomic mass is 15.3. The van der Waals surface area contributed by atoms with E-state index in [1.54, 1.807) is 4.68 Å². The van der Waals surface area contributed by atoms with Gasteiger partial charge in [0.25, 0.3) is 0 Å². The molecule has 0 amide bonds. The highest BCUT2D eigenvalue weighted by Gasteiger charge is 2.06. The van der Waals surface area contributed by atoms with Crippen LogP contribution in [0.5, 0.6) is 0 Å². The number of nitrogens with one attached hydrogen (secondary N) is 1. The maximum atomic E-state index is 7.44. The Labute approximate surface area is 106 Å². The zero-order chi connectivity index (χ0) is 13.1. The first-order chi connectivity index (χ1) is 8.56. The molecule has 0 atom stereocenters. The Balaban J connectivity index is 2.15. The van der Waals surface area contributed by atoms with Crippen LogP contribution in [-0.4, -0.2) is 22.7 Å². The summed E-state index contributed by atoms with van der Waals surface area (Å²) in [5.74, 6) is 0.0862. The lowest BCUT2D eigenvalue weighted by Crippen LogP contribution is -2.18. The molecule has 1 heterocycles. The second kappa shape index (κ2) is 4.91. The standard InChI is InChI=1S/C13H17N5/c1-17(9-11-6-7-18(2)16-11)12-5-3-4-10(8-12)13(14)15/h3-8H,9H2,1-2H3,(H3,14,15). The molecule has 0 saturated heterocycles. The van der Waals surface area contributed by atoms with Gasteiger partial charge in [-0.15, -0.1) is 0 Å². The van der Waals surface area contributed by atoms with Gasteiger partial charge in [0, 0.05) is 31.5 Å². The van der Waals surface area contributed by atoms with Crippen molar-refractivity contribution < 1.29 is 0 Å². The molecule has 5 nitrogen and oxygen atoms in total. The van der Waals surface area contributed by atoms with Crippen molar-refractivity contribution in [1.82, 2.24) is 9.78 Å². The molecule has 94 valence electrons. The molecule has 0 aliphatic heterocycles. The number of nitrogens with zero attached hydrogens (tertiary/aromatic N) is 3. The van der Waals surface area contributed by atoms with Crippen LogP contribution in [0, 0.1) is 5.41 Å². The molecule has 3 N–H and O–H groups in total. The number of benzene rings is 1. The van der Waals surface area contributed by atoms with Gasteiger partial charge < -0.3 is 10.6 Å². The van der Waals surface area contributed by atoms with E-state index in [1.165, 1.54) is 0 Å². The number of nitrogens with two attached hydrogens (primary N) is 1. The Kier molecular flexibility index (Phi) is 3.32.